The van der Waals surface area contributed by atoms with Crippen molar-refractivity contribution in [1.29, 1.82) is 0 Å². The maximum Gasteiger partial charge on any atom is 0.318 e. The smallest absolute Gasteiger partial charge is 0.318 e. The predicted molar refractivity (Wildman–Crippen MR) is 61.9 cm³/mol. The first-order valence-corrected chi connectivity index (χ1v) is 5.56. The van der Waals surface area contributed by atoms with Crippen molar-refractivity contribution in [2.75, 3.05) is 18.5 Å². The van der Waals surface area contributed by atoms with Gasteiger partial charge in [-0.25, -0.2) is 4.98 Å². The topological polar surface area (TPSA) is 68.3 Å². The van der Waals surface area contributed by atoms with Crippen LogP contribution in [0.5, 0.6) is 0 Å². The lowest BCUT2D eigenvalue weighted by Crippen LogP contribution is -2.37. The third-order valence-corrected chi connectivity index (χ3v) is 2.66. The Labute approximate surface area is 99.2 Å². The standard InChI is InChI=1S/C12H14N2O3/c1-3-17-12(16)9-6-13-11-8(10(9)15)5-4-7(2)14-11/h4-5,9H,3,6H2,1-2H3,(H,13,14). The summed E-state index contributed by atoms with van der Waals surface area (Å²) in [6, 6.07) is 3.45. The van der Waals surface area contributed by atoms with Gasteiger partial charge in [-0.1, -0.05) is 0 Å². The number of hydrogen-bond donors (Lipinski definition) is 1. The molecule has 0 aromatic carbocycles. The maximum atomic E-state index is 12.1. The molecule has 0 bridgehead atoms. The zero-order chi connectivity index (χ0) is 12.4. The number of nitrogens with zero attached hydrogens (tertiary/aromatic N) is 1. The Bertz CT molecular complexity index is 471. The Morgan fingerprint density at radius 3 is 3.06 bits per heavy atom. The number of aromatic nitrogens is 1. The molecule has 0 fully saturated rings. The fraction of sp³-hybridized carbons (Fsp3) is 0.417. The number of carbonyl (C=O) groups is 2. The van der Waals surface area contributed by atoms with E-state index in [1.165, 1.54) is 0 Å². The summed E-state index contributed by atoms with van der Waals surface area (Å²) in [7, 11) is 0. The van der Waals surface area contributed by atoms with Gasteiger partial charge in [0.25, 0.3) is 0 Å². The van der Waals surface area contributed by atoms with Gasteiger partial charge in [0, 0.05) is 12.2 Å². The molecule has 1 aromatic heterocycles. The molecule has 2 heterocycles. The number of ether oxygens (including phenoxy) is 1. The summed E-state index contributed by atoms with van der Waals surface area (Å²) in [5.74, 6) is -0.900. The zero-order valence-corrected chi connectivity index (χ0v) is 9.82. The van der Waals surface area contributed by atoms with Crippen molar-refractivity contribution in [2.24, 2.45) is 5.92 Å². The molecular formula is C12H14N2O3. The molecule has 0 amide bonds. The number of aryl methyl sites for hydroxylation is 1. The number of ketones is 1. The molecule has 1 aliphatic heterocycles. The van der Waals surface area contributed by atoms with Gasteiger partial charge in [0.05, 0.1) is 12.2 Å². The summed E-state index contributed by atoms with van der Waals surface area (Å²) < 4.78 is 4.87. The molecule has 2 rings (SSSR count). The molecule has 0 saturated carbocycles. The monoisotopic (exact) mass is 234 g/mol. The van der Waals surface area contributed by atoms with Gasteiger partial charge in [-0.05, 0) is 26.0 Å². The maximum absolute atomic E-state index is 12.1. The van der Waals surface area contributed by atoms with E-state index in [0.29, 0.717) is 11.4 Å². The molecule has 5 heteroatoms. The number of Topliss-reactive ketones (excluding diaryl/α,β-unsaturated/α-hetero) is 1. The van der Waals surface area contributed by atoms with Gasteiger partial charge in [-0.15, -0.1) is 0 Å². The van der Waals surface area contributed by atoms with E-state index in [9.17, 15) is 9.59 Å². The summed E-state index contributed by atoms with van der Waals surface area (Å²) in [6.07, 6.45) is 0. The van der Waals surface area contributed by atoms with Crippen LogP contribution in [0, 0.1) is 12.8 Å². The molecule has 0 saturated heterocycles. The molecule has 1 aromatic rings. The van der Waals surface area contributed by atoms with Crippen LogP contribution in [0.3, 0.4) is 0 Å². The number of anilines is 1. The number of pyridine rings is 1. The van der Waals surface area contributed by atoms with Gasteiger partial charge in [-0.3, -0.25) is 9.59 Å². The minimum atomic E-state index is -0.757. The lowest BCUT2D eigenvalue weighted by molar-refractivity contribution is -0.145. The summed E-state index contributed by atoms with van der Waals surface area (Å²) in [5.41, 5.74) is 1.29. The average Bonchev–Trinajstić information content (AvgIpc) is 2.29. The third kappa shape index (κ3) is 2.13. The molecule has 1 aliphatic rings. The molecule has 1 N–H and O–H groups in total. The van der Waals surface area contributed by atoms with Crippen molar-refractivity contribution in [3.63, 3.8) is 0 Å². The Morgan fingerprint density at radius 2 is 2.35 bits per heavy atom. The Balaban J connectivity index is 2.27. The van der Waals surface area contributed by atoms with Crippen LogP contribution in [0.15, 0.2) is 12.1 Å². The van der Waals surface area contributed by atoms with Crippen LogP contribution in [0.25, 0.3) is 0 Å². The van der Waals surface area contributed by atoms with Crippen LogP contribution in [0.4, 0.5) is 5.82 Å². The highest BCUT2D eigenvalue weighted by atomic mass is 16.5. The van der Waals surface area contributed by atoms with Crippen molar-refractivity contribution in [3.8, 4) is 0 Å². The van der Waals surface area contributed by atoms with Crippen LogP contribution in [-0.4, -0.2) is 29.9 Å². The Morgan fingerprint density at radius 1 is 1.59 bits per heavy atom. The molecule has 0 aliphatic carbocycles. The number of rotatable bonds is 2. The van der Waals surface area contributed by atoms with Crippen LogP contribution in [-0.2, 0) is 9.53 Å². The summed E-state index contributed by atoms with van der Waals surface area (Å²) in [5, 5.41) is 2.99. The summed E-state index contributed by atoms with van der Waals surface area (Å²) >= 11 is 0. The second-order valence-electron chi connectivity index (χ2n) is 3.90. The molecule has 17 heavy (non-hydrogen) atoms. The van der Waals surface area contributed by atoms with Crippen LogP contribution < -0.4 is 5.32 Å². The van der Waals surface area contributed by atoms with E-state index in [2.05, 4.69) is 10.3 Å². The molecule has 5 nitrogen and oxygen atoms in total. The minimum Gasteiger partial charge on any atom is -0.465 e. The van der Waals surface area contributed by atoms with E-state index in [1.807, 2.05) is 6.92 Å². The van der Waals surface area contributed by atoms with Gasteiger partial charge in [0.15, 0.2) is 5.78 Å². The summed E-state index contributed by atoms with van der Waals surface area (Å²) in [4.78, 5) is 27.9. The number of hydrogen-bond acceptors (Lipinski definition) is 5. The normalized spacial score (nSPS) is 18.2. The number of esters is 1. The second-order valence-corrected chi connectivity index (χ2v) is 3.90. The van der Waals surface area contributed by atoms with Crippen molar-refractivity contribution >= 4 is 17.6 Å². The molecular weight excluding hydrogens is 220 g/mol. The third-order valence-electron chi connectivity index (χ3n) is 2.66. The second kappa shape index (κ2) is 4.53. The largest absolute Gasteiger partial charge is 0.465 e. The summed E-state index contributed by atoms with van der Waals surface area (Å²) in [6.45, 7) is 4.10. The molecule has 0 spiro atoms. The van der Waals surface area contributed by atoms with Crippen molar-refractivity contribution < 1.29 is 14.3 Å². The first-order chi connectivity index (χ1) is 8.13. The molecule has 0 radical (unpaired) electrons. The van der Waals surface area contributed by atoms with Gasteiger partial charge in [0.2, 0.25) is 0 Å². The predicted octanol–water partition coefficient (Wildman–Crippen LogP) is 1.18. The molecule has 1 unspecified atom stereocenters. The van der Waals surface area contributed by atoms with E-state index >= 15 is 0 Å². The van der Waals surface area contributed by atoms with Gasteiger partial charge in [0.1, 0.15) is 11.7 Å². The van der Waals surface area contributed by atoms with Crippen molar-refractivity contribution in [3.05, 3.63) is 23.4 Å². The Kier molecular flexibility index (Phi) is 3.08. The first-order valence-electron chi connectivity index (χ1n) is 5.56. The van der Waals surface area contributed by atoms with Crippen LogP contribution >= 0.6 is 0 Å². The number of nitrogens with one attached hydrogen (secondary N) is 1. The lowest BCUT2D eigenvalue weighted by atomic mass is 9.94. The molecule has 90 valence electrons. The van der Waals surface area contributed by atoms with Crippen molar-refractivity contribution in [2.45, 2.75) is 13.8 Å². The van der Waals surface area contributed by atoms with E-state index in [1.54, 1.807) is 19.1 Å². The highest BCUT2D eigenvalue weighted by Crippen LogP contribution is 2.23. The van der Waals surface area contributed by atoms with Crippen LogP contribution in [0.1, 0.15) is 23.0 Å². The quantitative estimate of drug-likeness (QED) is 0.614. The Hall–Kier alpha value is -1.91. The lowest BCUT2D eigenvalue weighted by Gasteiger charge is -2.22. The highest BCUT2D eigenvalue weighted by molar-refractivity contribution is 6.12. The fourth-order valence-corrected chi connectivity index (χ4v) is 1.80. The zero-order valence-electron chi connectivity index (χ0n) is 9.82. The van der Waals surface area contributed by atoms with Crippen molar-refractivity contribution in [1.82, 2.24) is 4.98 Å². The highest BCUT2D eigenvalue weighted by Gasteiger charge is 2.34. The van der Waals surface area contributed by atoms with Gasteiger partial charge < -0.3 is 10.1 Å². The van der Waals surface area contributed by atoms with E-state index < -0.39 is 11.9 Å². The number of carbonyl (C=O) groups excluding carboxylic acids is 2. The van der Waals surface area contributed by atoms with Gasteiger partial charge in [-0.2, -0.15) is 0 Å². The number of fused-ring (bicyclic) bond motifs is 1. The SMILES string of the molecule is CCOC(=O)C1CNc2nc(C)ccc2C1=O. The average molecular weight is 234 g/mol. The van der Waals surface area contributed by atoms with Gasteiger partial charge >= 0.3 is 5.97 Å². The minimum absolute atomic E-state index is 0.218. The fourth-order valence-electron chi connectivity index (χ4n) is 1.80. The van der Waals surface area contributed by atoms with Crippen LogP contribution in [0.2, 0.25) is 0 Å². The van der Waals surface area contributed by atoms with E-state index in [0.717, 1.165) is 5.69 Å². The van der Waals surface area contributed by atoms with E-state index in [4.69, 9.17) is 4.74 Å². The first kappa shape index (κ1) is 11.6. The molecule has 1 atom stereocenters. The van der Waals surface area contributed by atoms with E-state index in [-0.39, 0.29) is 18.9 Å².